The summed E-state index contributed by atoms with van der Waals surface area (Å²) in [5, 5.41) is 6.83. The van der Waals surface area contributed by atoms with Crippen LogP contribution in [0.25, 0.3) is 0 Å². The van der Waals surface area contributed by atoms with Crippen LogP contribution in [0.15, 0.2) is 12.1 Å². The molecule has 1 aliphatic rings. The van der Waals surface area contributed by atoms with Gasteiger partial charge < -0.3 is 10.6 Å². The largest absolute Gasteiger partial charge is 0.322 e. The summed E-state index contributed by atoms with van der Waals surface area (Å²) in [6.07, 6.45) is 2.54. The van der Waals surface area contributed by atoms with E-state index in [9.17, 15) is 4.79 Å². The molecule has 1 aromatic rings. The summed E-state index contributed by atoms with van der Waals surface area (Å²) in [6.45, 7) is 3.07. The van der Waals surface area contributed by atoms with Crippen LogP contribution in [-0.4, -0.2) is 19.0 Å². The number of hydrogen-bond donors (Lipinski definition) is 2. The average molecular weight is 287 g/mol. The second-order valence-electron chi connectivity index (χ2n) is 4.68. The Kier molecular flexibility index (Phi) is 4.49. The van der Waals surface area contributed by atoms with Crippen molar-refractivity contribution in [3.63, 3.8) is 0 Å². The van der Waals surface area contributed by atoms with Gasteiger partial charge in [-0.2, -0.15) is 0 Å². The molecule has 1 aliphatic carbocycles. The minimum atomic E-state index is -0.120. The Labute approximate surface area is 117 Å². The average Bonchev–Trinajstić information content (AvgIpc) is 3.14. The van der Waals surface area contributed by atoms with Crippen LogP contribution in [0.4, 0.5) is 5.69 Å². The van der Waals surface area contributed by atoms with E-state index in [-0.39, 0.29) is 12.5 Å². The first-order chi connectivity index (χ1) is 8.58. The molecule has 2 rings (SSSR count). The molecule has 0 bridgehead atoms. The molecule has 98 valence electrons. The second kappa shape index (κ2) is 5.91. The Morgan fingerprint density at radius 3 is 2.78 bits per heavy atom. The fraction of sp³-hybridized carbons (Fsp3) is 0.462. The number of amides is 1. The normalized spacial score (nSPS) is 14.6. The van der Waals surface area contributed by atoms with E-state index in [0.29, 0.717) is 15.7 Å². The monoisotopic (exact) mass is 286 g/mol. The Balaban J connectivity index is 1.91. The lowest BCUT2D eigenvalue weighted by atomic mass is 10.2. The van der Waals surface area contributed by atoms with Crippen molar-refractivity contribution in [3.8, 4) is 0 Å². The Bertz CT molecular complexity index is 459. The fourth-order valence-electron chi connectivity index (χ4n) is 1.67. The van der Waals surface area contributed by atoms with Gasteiger partial charge >= 0.3 is 0 Å². The van der Waals surface area contributed by atoms with Crippen molar-refractivity contribution >= 4 is 34.8 Å². The van der Waals surface area contributed by atoms with Gasteiger partial charge in [0, 0.05) is 0 Å². The Hall–Kier alpha value is -0.770. The highest BCUT2D eigenvalue weighted by atomic mass is 35.5. The van der Waals surface area contributed by atoms with E-state index in [2.05, 4.69) is 10.6 Å². The SMILES string of the molecule is Cc1ccc(Cl)c(NC(=O)CNCC2CC2)c1Cl. The highest BCUT2D eigenvalue weighted by Crippen LogP contribution is 2.32. The third kappa shape index (κ3) is 3.61. The summed E-state index contributed by atoms with van der Waals surface area (Å²) in [7, 11) is 0. The third-order valence-corrected chi connectivity index (χ3v) is 3.77. The third-order valence-electron chi connectivity index (χ3n) is 2.96. The molecule has 0 aromatic heterocycles. The van der Waals surface area contributed by atoms with Crippen LogP contribution in [0, 0.1) is 12.8 Å². The van der Waals surface area contributed by atoms with E-state index < -0.39 is 0 Å². The number of hydrogen-bond acceptors (Lipinski definition) is 2. The van der Waals surface area contributed by atoms with Crippen molar-refractivity contribution in [2.45, 2.75) is 19.8 Å². The standard InChI is InChI=1S/C13H16Cl2N2O/c1-8-2-5-10(14)13(12(8)15)17-11(18)7-16-6-9-3-4-9/h2,5,9,16H,3-4,6-7H2,1H3,(H,17,18). The molecule has 0 aliphatic heterocycles. The molecule has 1 saturated carbocycles. The maximum Gasteiger partial charge on any atom is 0.238 e. The van der Waals surface area contributed by atoms with Crippen molar-refractivity contribution in [2.75, 3.05) is 18.4 Å². The maximum atomic E-state index is 11.7. The molecule has 0 spiro atoms. The number of aryl methyl sites for hydroxylation is 1. The molecule has 0 atom stereocenters. The van der Waals surface area contributed by atoms with Gasteiger partial charge in [0.2, 0.25) is 5.91 Å². The molecule has 0 saturated heterocycles. The zero-order chi connectivity index (χ0) is 13.1. The number of carbonyl (C=O) groups excluding carboxylic acids is 1. The van der Waals surface area contributed by atoms with Gasteiger partial charge in [-0.15, -0.1) is 0 Å². The van der Waals surface area contributed by atoms with E-state index in [4.69, 9.17) is 23.2 Å². The first kappa shape index (κ1) is 13.7. The summed E-state index contributed by atoms with van der Waals surface area (Å²) in [6, 6.07) is 3.56. The van der Waals surface area contributed by atoms with Crippen LogP contribution in [0.3, 0.4) is 0 Å². The van der Waals surface area contributed by atoms with Crippen LogP contribution in [0.2, 0.25) is 10.0 Å². The number of rotatable bonds is 5. The topological polar surface area (TPSA) is 41.1 Å². The van der Waals surface area contributed by atoms with Crippen LogP contribution < -0.4 is 10.6 Å². The van der Waals surface area contributed by atoms with Crippen LogP contribution in [-0.2, 0) is 4.79 Å². The van der Waals surface area contributed by atoms with Gasteiger partial charge in [-0.05, 0) is 43.9 Å². The zero-order valence-corrected chi connectivity index (χ0v) is 11.7. The zero-order valence-electron chi connectivity index (χ0n) is 10.2. The number of benzene rings is 1. The minimum absolute atomic E-state index is 0.120. The van der Waals surface area contributed by atoms with Crippen LogP contribution >= 0.6 is 23.2 Å². The molecule has 2 N–H and O–H groups in total. The Morgan fingerprint density at radius 2 is 2.11 bits per heavy atom. The second-order valence-corrected chi connectivity index (χ2v) is 5.46. The molecule has 5 heteroatoms. The van der Waals surface area contributed by atoms with Gasteiger partial charge in [0.25, 0.3) is 0 Å². The predicted octanol–water partition coefficient (Wildman–Crippen LogP) is 3.24. The molecule has 0 radical (unpaired) electrons. The summed E-state index contributed by atoms with van der Waals surface area (Å²) in [5.74, 6) is 0.633. The van der Waals surface area contributed by atoms with Gasteiger partial charge in [-0.3, -0.25) is 4.79 Å². The first-order valence-corrected chi connectivity index (χ1v) is 6.78. The van der Waals surface area contributed by atoms with E-state index in [1.54, 1.807) is 6.07 Å². The molecule has 1 fully saturated rings. The number of anilines is 1. The lowest BCUT2D eigenvalue weighted by molar-refractivity contribution is -0.115. The lowest BCUT2D eigenvalue weighted by Crippen LogP contribution is -2.29. The Morgan fingerprint density at radius 1 is 1.39 bits per heavy atom. The van der Waals surface area contributed by atoms with Gasteiger partial charge in [-0.1, -0.05) is 29.3 Å². The highest BCUT2D eigenvalue weighted by Gasteiger charge is 2.20. The molecule has 3 nitrogen and oxygen atoms in total. The van der Waals surface area contributed by atoms with E-state index in [1.165, 1.54) is 12.8 Å². The van der Waals surface area contributed by atoms with Crippen molar-refractivity contribution in [3.05, 3.63) is 27.7 Å². The predicted molar refractivity (Wildman–Crippen MR) is 75.4 cm³/mol. The fourth-order valence-corrected chi connectivity index (χ4v) is 2.13. The number of carbonyl (C=O) groups is 1. The molecule has 0 unspecified atom stereocenters. The van der Waals surface area contributed by atoms with Crippen molar-refractivity contribution in [2.24, 2.45) is 5.92 Å². The maximum absolute atomic E-state index is 11.7. The molecule has 18 heavy (non-hydrogen) atoms. The van der Waals surface area contributed by atoms with Crippen molar-refractivity contribution in [1.29, 1.82) is 0 Å². The summed E-state index contributed by atoms with van der Waals surface area (Å²) < 4.78 is 0. The first-order valence-electron chi connectivity index (χ1n) is 6.03. The van der Waals surface area contributed by atoms with Crippen LogP contribution in [0.1, 0.15) is 18.4 Å². The quantitative estimate of drug-likeness (QED) is 0.873. The van der Waals surface area contributed by atoms with Crippen LogP contribution in [0.5, 0.6) is 0 Å². The molecular formula is C13H16Cl2N2O. The molecule has 1 aromatic carbocycles. The highest BCUT2D eigenvalue weighted by molar-refractivity contribution is 6.40. The van der Waals surface area contributed by atoms with E-state index >= 15 is 0 Å². The van der Waals surface area contributed by atoms with E-state index in [0.717, 1.165) is 18.0 Å². The number of halogens is 2. The molecule has 1 amide bonds. The van der Waals surface area contributed by atoms with Crippen molar-refractivity contribution < 1.29 is 4.79 Å². The van der Waals surface area contributed by atoms with Gasteiger partial charge in [0.05, 0.1) is 22.3 Å². The summed E-state index contributed by atoms with van der Waals surface area (Å²) in [4.78, 5) is 11.7. The molecular weight excluding hydrogens is 271 g/mol. The summed E-state index contributed by atoms with van der Waals surface area (Å²) >= 11 is 12.1. The lowest BCUT2D eigenvalue weighted by Gasteiger charge is -2.11. The van der Waals surface area contributed by atoms with Gasteiger partial charge in [0.1, 0.15) is 0 Å². The molecule has 0 heterocycles. The van der Waals surface area contributed by atoms with Crippen molar-refractivity contribution in [1.82, 2.24) is 5.32 Å². The van der Waals surface area contributed by atoms with Gasteiger partial charge in [0.15, 0.2) is 0 Å². The summed E-state index contributed by atoms with van der Waals surface area (Å²) in [5.41, 5.74) is 1.39. The van der Waals surface area contributed by atoms with E-state index in [1.807, 2.05) is 13.0 Å². The van der Waals surface area contributed by atoms with Gasteiger partial charge in [-0.25, -0.2) is 0 Å². The minimum Gasteiger partial charge on any atom is -0.322 e. The smallest absolute Gasteiger partial charge is 0.238 e. The number of nitrogens with one attached hydrogen (secondary N) is 2.